The molecular weight excluding hydrogens is 230 g/mol. The second-order valence-corrected chi connectivity index (χ2v) is 7.57. The Hall–Kier alpha value is 0.110. The van der Waals surface area contributed by atoms with Gasteiger partial charge in [-0.3, -0.25) is 4.21 Å². The molecule has 1 rings (SSSR count). The number of hydrogen-bond acceptors (Lipinski definition) is 2. The molecule has 0 radical (unpaired) electrons. The SMILES string of the molecule is CC1CCC(C(C)C)C(NCCCS(C)=O)C1. The topological polar surface area (TPSA) is 29.1 Å². The van der Waals surface area contributed by atoms with Crippen molar-refractivity contribution in [3.8, 4) is 0 Å². The van der Waals surface area contributed by atoms with E-state index in [9.17, 15) is 4.21 Å². The first-order chi connectivity index (χ1) is 8.00. The van der Waals surface area contributed by atoms with Gasteiger partial charge in [0.15, 0.2) is 0 Å². The van der Waals surface area contributed by atoms with Crippen molar-refractivity contribution < 1.29 is 4.21 Å². The van der Waals surface area contributed by atoms with E-state index in [2.05, 4.69) is 26.1 Å². The molecule has 4 unspecified atom stereocenters. The van der Waals surface area contributed by atoms with Crippen LogP contribution in [0.5, 0.6) is 0 Å². The Kier molecular flexibility index (Phi) is 6.71. The minimum atomic E-state index is -0.637. The van der Waals surface area contributed by atoms with Crippen molar-refractivity contribution in [3.05, 3.63) is 0 Å². The van der Waals surface area contributed by atoms with Gasteiger partial charge in [0.25, 0.3) is 0 Å². The van der Waals surface area contributed by atoms with Gasteiger partial charge in [0.05, 0.1) is 0 Å². The number of nitrogens with one attached hydrogen (secondary N) is 1. The Morgan fingerprint density at radius 2 is 2.06 bits per heavy atom. The fourth-order valence-corrected chi connectivity index (χ4v) is 3.55. The highest BCUT2D eigenvalue weighted by molar-refractivity contribution is 7.84. The highest BCUT2D eigenvalue weighted by Crippen LogP contribution is 2.33. The average molecular weight is 259 g/mol. The van der Waals surface area contributed by atoms with E-state index in [4.69, 9.17) is 0 Å². The van der Waals surface area contributed by atoms with Crippen molar-refractivity contribution in [2.24, 2.45) is 17.8 Å². The zero-order valence-corrected chi connectivity index (χ0v) is 12.7. The van der Waals surface area contributed by atoms with Gasteiger partial charge in [0.2, 0.25) is 0 Å². The molecule has 3 heteroatoms. The lowest BCUT2D eigenvalue weighted by atomic mass is 9.74. The summed E-state index contributed by atoms with van der Waals surface area (Å²) < 4.78 is 11.0. The summed E-state index contributed by atoms with van der Waals surface area (Å²) in [7, 11) is -0.637. The van der Waals surface area contributed by atoms with Crippen LogP contribution in [0.15, 0.2) is 0 Å². The van der Waals surface area contributed by atoms with Crippen LogP contribution in [0.1, 0.15) is 46.5 Å². The van der Waals surface area contributed by atoms with Gasteiger partial charge in [-0.1, -0.05) is 27.2 Å². The van der Waals surface area contributed by atoms with E-state index in [1.54, 1.807) is 6.26 Å². The third-order valence-corrected chi connectivity index (χ3v) is 4.90. The van der Waals surface area contributed by atoms with E-state index in [1.165, 1.54) is 19.3 Å². The fraction of sp³-hybridized carbons (Fsp3) is 1.00. The third kappa shape index (κ3) is 5.52. The zero-order valence-electron chi connectivity index (χ0n) is 11.9. The predicted octanol–water partition coefficient (Wildman–Crippen LogP) is 2.81. The lowest BCUT2D eigenvalue weighted by molar-refractivity contribution is 0.170. The molecular formula is C14H29NOS. The fourth-order valence-electron chi connectivity index (χ4n) is 3.00. The minimum absolute atomic E-state index is 0.637. The Morgan fingerprint density at radius 3 is 2.65 bits per heavy atom. The largest absolute Gasteiger partial charge is 0.314 e. The van der Waals surface area contributed by atoms with Gasteiger partial charge in [-0.2, -0.15) is 0 Å². The van der Waals surface area contributed by atoms with Crippen molar-refractivity contribution >= 4 is 10.8 Å². The summed E-state index contributed by atoms with van der Waals surface area (Å²) in [4.78, 5) is 0. The van der Waals surface area contributed by atoms with Gasteiger partial charge >= 0.3 is 0 Å². The highest BCUT2D eigenvalue weighted by Gasteiger charge is 2.29. The summed E-state index contributed by atoms with van der Waals surface area (Å²) in [5.74, 6) is 3.31. The molecule has 0 aliphatic heterocycles. The molecule has 2 nitrogen and oxygen atoms in total. The highest BCUT2D eigenvalue weighted by atomic mass is 32.2. The Labute approximate surface area is 109 Å². The molecule has 4 atom stereocenters. The van der Waals surface area contributed by atoms with Crippen LogP contribution in [0.4, 0.5) is 0 Å². The molecule has 0 amide bonds. The van der Waals surface area contributed by atoms with Crippen LogP contribution in [0.3, 0.4) is 0 Å². The summed E-state index contributed by atoms with van der Waals surface area (Å²) >= 11 is 0. The van der Waals surface area contributed by atoms with Gasteiger partial charge < -0.3 is 5.32 Å². The lowest BCUT2D eigenvalue weighted by Gasteiger charge is -2.38. The normalized spacial score (nSPS) is 31.7. The molecule has 0 heterocycles. The first kappa shape index (κ1) is 15.2. The molecule has 1 fully saturated rings. The van der Waals surface area contributed by atoms with Gasteiger partial charge in [0, 0.05) is 28.9 Å². The molecule has 1 aliphatic carbocycles. The maximum Gasteiger partial charge on any atom is 0.0244 e. The Balaban J connectivity index is 2.33. The molecule has 0 aromatic carbocycles. The van der Waals surface area contributed by atoms with Crippen LogP contribution >= 0.6 is 0 Å². The van der Waals surface area contributed by atoms with Crippen molar-refractivity contribution in [1.82, 2.24) is 5.32 Å². The Bertz CT molecular complexity index is 242. The van der Waals surface area contributed by atoms with E-state index in [0.717, 1.165) is 36.5 Å². The van der Waals surface area contributed by atoms with E-state index >= 15 is 0 Å². The zero-order chi connectivity index (χ0) is 12.8. The van der Waals surface area contributed by atoms with Crippen LogP contribution in [0, 0.1) is 17.8 Å². The Morgan fingerprint density at radius 1 is 1.35 bits per heavy atom. The standard InChI is InChI=1S/C14H29NOS/c1-11(2)13-7-6-12(3)10-14(13)15-8-5-9-17(4)16/h11-15H,5-10H2,1-4H3. The first-order valence-corrected chi connectivity index (χ1v) is 8.76. The van der Waals surface area contributed by atoms with Gasteiger partial charge in [-0.25, -0.2) is 0 Å². The summed E-state index contributed by atoms with van der Waals surface area (Å²) in [6.07, 6.45) is 6.91. The third-order valence-electron chi connectivity index (χ3n) is 4.04. The van der Waals surface area contributed by atoms with Crippen LogP contribution in [-0.2, 0) is 10.8 Å². The monoisotopic (exact) mass is 259 g/mol. The second kappa shape index (κ2) is 7.52. The maximum atomic E-state index is 11.0. The predicted molar refractivity (Wildman–Crippen MR) is 76.7 cm³/mol. The van der Waals surface area contributed by atoms with Crippen LogP contribution in [0.2, 0.25) is 0 Å². The molecule has 0 aromatic heterocycles. The van der Waals surface area contributed by atoms with Gasteiger partial charge in [-0.05, 0) is 43.6 Å². The summed E-state index contributed by atoms with van der Waals surface area (Å²) in [6.45, 7) is 8.08. The van der Waals surface area contributed by atoms with Crippen LogP contribution in [-0.4, -0.2) is 28.8 Å². The minimum Gasteiger partial charge on any atom is -0.314 e. The number of hydrogen-bond donors (Lipinski definition) is 1. The molecule has 102 valence electrons. The van der Waals surface area contributed by atoms with Crippen molar-refractivity contribution in [2.75, 3.05) is 18.6 Å². The summed E-state index contributed by atoms with van der Waals surface area (Å²) in [5.41, 5.74) is 0. The molecule has 0 aromatic rings. The molecule has 0 bridgehead atoms. The average Bonchev–Trinajstić information content (AvgIpc) is 2.23. The molecule has 1 aliphatic rings. The first-order valence-electron chi connectivity index (χ1n) is 7.04. The second-order valence-electron chi connectivity index (χ2n) is 6.02. The van der Waals surface area contributed by atoms with E-state index in [1.807, 2.05) is 0 Å². The van der Waals surface area contributed by atoms with Crippen molar-refractivity contribution in [3.63, 3.8) is 0 Å². The molecule has 17 heavy (non-hydrogen) atoms. The lowest BCUT2D eigenvalue weighted by Crippen LogP contribution is -2.43. The van der Waals surface area contributed by atoms with E-state index < -0.39 is 10.8 Å². The molecule has 1 N–H and O–H groups in total. The maximum absolute atomic E-state index is 11.0. The van der Waals surface area contributed by atoms with Crippen LogP contribution < -0.4 is 5.32 Å². The smallest absolute Gasteiger partial charge is 0.0244 e. The van der Waals surface area contributed by atoms with Crippen molar-refractivity contribution in [2.45, 2.75) is 52.5 Å². The molecule has 0 spiro atoms. The summed E-state index contributed by atoms with van der Waals surface area (Å²) in [5, 5.41) is 3.70. The van der Waals surface area contributed by atoms with E-state index in [0.29, 0.717) is 6.04 Å². The van der Waals surface area contributed by atoms with Crippen molar-refractivity contribution in [1.29, 1.82) is 0 Å². The summed E-state index contributed by atoms with van der Waals surface area (Å²) in [6, 6.07) is 0.684. The molecule has 0 saturated heterocycles. The van der Waals surface area contributed by atoms with Gasteiger partial charge in [0.1, 0.15) is 0 Å². The van der Waals surface area contributed by atoms with Gasteiger partial charge in [-0.15, -0.1) is 0 Å². The van der Waals surface area contributed by atoms with Crippen LogP contribution in [0.25, 0.3) is 0 Å². The molecule has 1 saturated carbocycles. The number of rotatable bonds is 6. The quantitative estimate of drug-likeness (QED) is 0.743. The van der Waals surface area contributed by atoms with E-state index in [-0.39, 0.29) is 0 Å².